The van der Waals surface area contributed by atoms with Gasteiger partial charge in [-0.15, -0.1) is 0 Å². The molecule has 0 saturated carbocycles. The van der Waals surface area contributed by atoms with E-state index in [1.807, 2.05) is 64.4 Å². The van der Waals surface area contributed by atoms with Gasteiger partial charge >= 0.3 is 0 Å². The number of anilines is 1. The molecular formula is C44H51N5O3. The summed E-state index contributed by atoms with van der Waals surface area (Å²) in [5, 5.41) is 0. The minimum absolute atomic E-state index is 0.0165. The summed E-state index contributed by atoms with van der Waals surface area (Å²) < 4.78 is 0. The van der Waals surface area contributed by atoms with E-state index in [1.54, 1.807) is 17.9 Å². The monoisotopic (exact) mass is 697 g/mol. The molecule has 4 aromatic carbocycles. The van der Waals surface area contributed by atoms with Crippen molar-refractivity contribution >= 4 is 29.5 Å². The second-order valence-corrected chi connectivity index (χ2v) is 13.8. The molecule has 2 saturated heterocycles. The number of benzene rings is 4. The molecule has 8 heteroatoms. The molecule has 0 unspecified atom stereocenters. The van der Waals surface area contributed by atoms with Gasteiger partial charge in [0.05, 0.1) is 0 Å². The van der Waals surface area contributed by atoms with Gasteiger partial charge in [-0.25, -0.2) is 0 Å². The summed E-state index contributed by atoms with van der Waals surface area (Å²) >= 11 is 0. The zero-order chi connectivity index (χ0) is 36.3. The molecule has 6 rings (SSSR count). The van der Waals surface area contributed by atoms with Crippen molar-refractivity contribution in [2.45, 2.75) is 45.8 Å². The number of amides is 3. The van der Waals surface area contributed by atoms with Crippen LogP contribution in [0.2, 0.25) is 0 Å². The maximum absolute atomic E-state index is 14.6. The highest BCUT2D eigenvalue weighted by atomic mass is 16.2. The van der Waals surface area contributed by atoms with Crippen LogP contribution in [0.1, 0.15) is 41.7 Å². The largest absolute Gasteiger partial charge is 0.368 e. The molecule has 0 aliphatic carbocycles. The maximum Gasteiger partial charge on any atom is 0.247 e. The number of hydrogen-bond donors (Lipinski definition) is 0. The number of rotatable bonds is 12. The van der Waals surface area contributed by atoms with Crippen LogP contribution in [0.15, 0.2) is 115 Å². The topological polar surface area (TPSA) is 67.4 Å². The number of carbonyl (C=O) groups is 3. The lowest BCUT2D eigenvalue weighted by Crippen LogP contribution is -2.56. The molecule has 1 atom stereocenters. The van der Waals surface area contributed by atoms with Crippen molar-refractivity contribution < 1.29 is 14.4 Å². The Bertz CT molecular complexity index is 1780. The van der Waals surface area contributed by atoms with Crippen molar-refractivity contribution in [3.63, 3.8) is 0 Å². The summed E-state index contributed by atoms with van der Waals surface area (Å²) in [7, 11) is 0. The number of aryl methyl sites for hydroxylation is 1. The predicted octanol–water partition coefficient (Wildman–Crippen LogP) is 5.92. The van der Waals surface area contributed by atoms with E-state index in [4.69, 9.17) is 0 Å². The standard InChI is InChI=1S/C44H51N5O3/c1-3-36-14-16-37(17-15-36)20-23-43(51)49(34-40-18-21-41(22-19-40)47-30-28-46(29-31-47)35(2)50)42(32-38-10-6-4-7-11-38)44(52)48-26-24-45(25-27-48)33-39-12-8-5-9-13-39/h4-23,42H,3,24-34H2,1-2H3/t42-/m0/s1. The normalized spacial score (nSPS) is 15.8. The average Bonchev–Trinajstić information content (AvgIpc) is 3.19. The molecular weight excluding hydrogens is 647 g/mol. The van der Waals surface area contributed by atoms with E-state index in [-0.39, 0.29) is 17.7 Å². The minimum atomic E-state index is -0.679. The van der Waals surface area contributed by atoms with Crippen LogP contribution < -0.4 is 4.90 Å². The van der Waals surface area contributed by atoms with Gasteiger partial charge < -0.3 is 19.6 Å². The molecule has 4 aromatic rings. The van der Waals surface area contributed by atoms with Gasteiger partial charge in [-0.05, 0) is 52.4 Å². The van der Waals surface area contributed by atoms with E-state index in [0.29, 0.717) is 39.1 Å². The third-order valence-corrected chi connectivity index (χ3v) is 10.3. The van der Waals surface area contributed by atoms with Crippen molar-refractivity contribution in [3.05, 3.63) is 143 Å². The van der Waals surface area contributed by atoms with Crippen LogP contribution in [0.5, 0.6) is 0 Å². The lowest BCUT2D eigenvalue weighted by Gasteiger charge is -2.39. The van der Waals surface area contributed by atoms with E-state index in [9.17, 15) is 14.4 Å². The van der Waals surface area contributed by atoms with Gasteiger partial charge in [-0.2, -0.15) is 0 Å². The van der Waals surface area contributed by atoms with Crippen LogP contribution in [0.25, 0.3) is 6.08 Å². The first-order chi connectivity index (χ1) is 25.4. The molecule has 0 radical (unpaired) electrons. The molecule has 2 fully saturated rings. The van der Waals surface area contributed by atoms with Crippen molar-refractivity contribution in [3.8, 4) is 0 Å². The van der Waals surface area contributed by atoms with E-state index in [0.717, 1.165) is 61.5 Å². The van der Waals surface area contributed by atoms with Crippen LogP contribution in [0.4, 0.5) is 5.69 Å². The Labute approximate surface area is 308 Å². The van der Waals surface area contributed by atoms with Gasteiger partial charge in [-0.1, -0.05) is 104 Å². The van der Waals surface area contributed by atoms with Crippen molar-refractivity contribution in [1.82, 2.24) is 19.6 Å². The predicted molar refractivity (Wildman–Crippen MR) is 209 cm³/mol. The van der Waals surface area contributed by atoms with Gasteiger partial charge in [0.15, 0.2) is 0 Å². The second kappa shape index (κ2) is 17.8. The fourth-order valence-electron chi connectivity index (χ4n) is 7.10. The number of hydrogen-bond acceptors (Lipinski definition) is 5. The summed E-state index contributed by atoms with van der Waals surface area (Å²) in [5.74, 6) is -0.0985. The molecule has 3 amide bonds. The van der Waals surface area contributed by atoms with Crippen molar-refractivity contribution in [2.75, 3.05) is 57.3 Å². The molecule has 2 heterocycles. The maximum atomic E-state index is 14.6. The van der Waals surface area contributed by atoms with E-state index in [2.05, 4.69) is 77.4 Å². The smallest absolute Gasteiger partial charge is 0.247 e. The quantitative estimate of drug-likeness (QED) is 0.172. The second-order valence-electron chi connectivity index (χ2n) is 13.8. The first-order valence-electron chi connectivity index (χ1n) is 18.6. The van der Waals surface area contributed by atoms with Crippen LogP contribution in [0, 0.1) is 0 Å². The third-order valence-electron chi connectivity index (χ3n) is 10.3. The summed E-state index contributed by atoms with van der Waals surface area (Å²) in [6, 6.07) is 36.3. The SMILES string of the molecule is CCc1ccc(C=CC(=O)N(Cc2ccc(N3CCN(C(C)=O)CC3)cc2)[C@@H](Cc2ccccc2)C(=O)N2CCN(Cc3ccccc3)CC2)cc1. The van der Waals surface area contributed by atoms with E-state index in [1.165, 1.54) is 11.1 Å². The summed E-state index contributed by atoms with van der Waals surface area (Å²) in [5.41, 5.74) is 6.51. The molecule has 0 bridgehead atoms. The fraction of sp³-hybridized carbons (Fsp3) is 0.341. The number of nitrogens with zero attached hydrogens (tertiary/aromatic N) is 5. The third kappa shape index (κ3) is 9.76. The number of carbonyl (C=O) groups excluding carboxylic acids is 3. The van der Waals surface area contributed by atoms with Gasteiger partial charge in [0.2, 0.25) is 17.7 Å². The number of piperazine rings is 2. The van der Waals surface area contributed by atoms with E-state index >= 15 is 0 Å². The lowest BCUT2D eigenvalue weighted by molar-refractivity contribution is -0.145. The highest BCUT2D eigenvalue weighted by Crippen LogP contribution is 2.22. The Morgan fingerprint density at radius 3 is 1.83 bits per heavy atom. The summed E-state index contributed by atoms with van der Waals surface area (Å²) in [6.45, 7) is 10.7. The van der Waals surface area contributed by atoms with Crippen LogP contribution in [0.3, 0.4) is 0 Å². The minimum Gasteiger partial charge on any atom is -0.368 e. The molecule has 0 aromatic heterocycles. The first kappa shape index (κ1) is 36.6. The van der Waals surface area contributed by atoms with Gasteiger partial charge in [0.1, 0.15) is 6.04 Å². The zero-order valence-corrected chi connectivity index (χ0v) is 30.6. The first-order valence-corrected chi connectivity index (χ1v) is 18.6. The van der Waals surface area contributed by atoms with Crippen LogP contribution in [-0.4, -0.2) is 95.7 Å². The van der Waals surface area contributed by atoms with Crippen molar-refractivity contribution in [1.29, 1.82) is 0 Å². The van der Waals surface area contributed by atoms with Crippen LogP contribution >= 0.6 is 0 Å². The van der Waals surface area contributed by atoms with Gasteiger partial charge in [0.25, 0.3) is 0 Å². The molecule has 2 aliphatic heterocycles. The van der Waals surface area contributed by atoms with E-state index < -0.39 is 6.04 Å². The lowest BCUT2D eigenvalue weighted by atomic mass is 10.0. The molecule has 270 valence electrons. The Kier molecular flexibility index (Phi) is 12.5. The molecule has 52 heavy (non-hydrogen) atoms. The Morgan fingerprint density at radius 2 is 1.23 bits per heavy atom. The Balaban J connectivity index is 1.24. The highest BCUT2D eigenvalue weighted by molar-refractivity contribution is 5.95. The zero-order valence-electron chi connectivity index (χ0n) is 30.6. The van der Waals surface area contributed by atoms with Crippen molar-refractivity contribution in [2.24, 2.45) is 0 Å². The summed E-state index contributed by atoms with van der Waals surface area (Å²) in [6.07, 6.45) is 4.85. The molecule has 0 N–H and O–H groups in total. The fourth-order valence-corrected chi connectivity index (χ4v) is 7.10. The summed E-state index contributed by atoms with van der Waals surface area (Å²) in [4.78, 5) is 51.1. The Morgan fingerprint density at radius 1 is 0.654 bits per heavy atom. The van der Waals surface area contributed by atoms with Gasteiger partial charge in [0, 0.05) is 90.6 Å². The average molecular weight is 698 g/mol. The molecule has 2 aliphatic rings. The Hall–Kier alpha value is -5.21. The highest BCUT2D eigenvalue weighted by Gasteiger charge is 2.34. The van der Waals surface area contributed by atoms with Crippen LogP contribution in [-0.2, 0) is 40.3 Å². The molecule has 0 spiro atoms. The molecule has 8 nitrogen and oxygen atoms in total. The van der Waals surface area contributed by atoms with Gasteiger partial charge in [-0.3, -0.25) is 19.3 Å².